The first-order valence-electron chi connectivity index (χ1n) is 9.03. The first kappa shape index (κ1) is 18.6. The molecule has 6 nitrogen and oxygen atoms in total. The van der Waals surface area contributed by atoms with Crippen molar-refractivity contribution >= 4 is 23.4 Å². The molecule has 28 heavy (non-hydrogen) atoms. The zero-order valence-corrected chi connectivity index (χ0v) is 16.8. The Hall–Kier alpha value is -2.80. The molecular formula is C21H22N2O4S. The number of fused-ring (bicyclic) bond motifs is 1. The number of hydrogen-bond acceptors (Lipinski definition) is 6. The Bertz CT molecular complexity index is 916. The molecule has 2 atom stereocenters. The number of rotatable bonds is 5. The second-order valence-electron chi connectivity index (χ2n) is 6.66. The Balaban J connectivity index is 1.43. The third-order valence-corrected chi connectivity index (χ3v) is 5.57. The zero-order chi connectivity index (χ0) is 19.7. The van der Waals surface area contributed by atoms with Gasteiger partial charge in [-0.1, -0.05) is 30.3 Å². The van der Waals surface area contributed by atoms with Crippen LogP contribution in [0.4, 0.5) is 0 Å². The number of likely N-dealkylation sites (N-methyl/N-ethyl adjacent to an activating group) is 1. The van der Waals surface area contributed by atoms with Gasteiger partial charge >= 0.3 is 0 Å². The molecule has 0 aromatic heterocycles. The van der Waals surface area contributed by atoms with Gasteiger partial charge in [-0.15, -0.1) is 11.8 Å². The number of hydrogen-bond donors (Lipinski definition) is 1. The van der Waals surface area contributed by atoms with E-state index in [1.165, 1.54) is 0 Å². The highest BCUT2D eigenvalue weighted by Crippen LogP contribution is 2.43. The van der Waals surface area contributed by atoms with Crippen LogP contribution < -0.4 is 19.5 Å². The summed E-state index contributed by atoms with van der Waals surface area (Å²) in [5, 5.41) is 5.67. The van der Waals surface area contributed by atoms with Crippen LogP contribution in [0.25, 0.3) is 5.70 Å². The van der Waals surface area contributed by atoms with Crippen LogP contribution in [0.1, 0.15) is 22.8 Å². The monoisotopic (exact) mass is 398 g/mol. The Morgan fingerprint density at radius 3 is 2.79 bits per heavy atom. The first-order valence-corrected chi connectivity index (χ1v) is 9.98. The van der Waals surface area contributed by atoms with Crippen molar-refractivity contribution in [3.63, 3.8) is 0 Å². The van der Waals surface area contributed by atoms with Crippen molar-refractivity contribution in [1.82, 2.24) is 10.2 Å². The van der Waals surface area contributed by atoms with Gasteiger partial charge in [0.1, 0.15) is 0 Å². The summed E-state index contributed by atoms with van der Waals surface area (Å²) >= 11 is 1.68. The molecule has 2 heterocycles. The molecule has 0 saturated heterocycles. The zero-order valence-electron chi connectivity index (χ0n) is 16.0. The molecule has 2 unspecified atom stereocenters. The van der Waals surface area contributed by atoms with Gasteiger partial charge in [-0.05, 0) is 23.1 Å². The normalized spacial score (nSPS) is 19.8. The minimum absolute atomic E-state index is 0.0973. The van der Waals surface area contributed by atoms with E-state index in [4.69, 9.17) is 14.2 Å². The third kappa shape index (κ3) is 3.62. The summed E-state index contributed by atoms with van der Waals surface area (Å²) in [7, 11) is 3.35. The van der Waals surface area contributed by atoms with E-state index in [1.807, 2.05) is 18.2 Å². The number of carbonyl (C=O) groups excluding carboxylic acids is 1. The van der Waals surface area contributed by atoms with Crippen LogP contribution in [0.3, 0.4) is 0 Å². The van der Waals surface area contributed by atoms with E-state index in [0.717, 1.165) is 11.3 Å². The number of thioether (sulfide) groups is 1. The van der Waals surface area contributed by atoms with E-state index in [2.05, 4.69) is 22.9 Å². The second kappa shape index (κ2) is 7.67. The van der Waals surface area contributed by atoms with Gasteiger partial charge in [-0.25, -0.2) is 0 Å². The smallest absolute Gasteiger partial charge is 0.253 e. The van der Waals surface area contributed by atoms with E-state index in [9.17, 15) is 4.79 Å². The van der Waals surface area contributed by atoms with E-state index >= 15 is 0 Å². The van der Waals surface area contributed by atoms with Crippen LogP contribution in [-0.2, 0) is 0 Å². The topological polar surface area (TPSA) is 60.0 Å². The van der Waals surface area contributed by atoms with Crippen molar-refractivity contribution in [2.24, 2.45) is 0 Å². The average molecular weight is 398 g/mol. The Kier molecular flexibility index (Phi) is 5.09. The minimum atomic E-state index is -0.395. The first-order chi connectivity index (χ1) is 13.5. The van der Waals surface area contributed by atoms with E-state index < -0.39 is 6.29 Å². The quantitative estimate of drug-likeness (QED) is 0.831. The molecule has 2 aromatic carbocycles. The van der Waals surface area contributed by atoms with Crippen molar-refractivity contribution in [2.45, 2.75) is 18.6 Å². The van der Waals surface area contributed by atoms with Crippen LogP contribution in [0.2, 0.25) is 0 Å². The van der Waals surface area contributed by atoms with Gasteiger partial charge in [0.05, 0.1) is 19.0 Å². The highest BCUT2D eigenvalue weighted by Gasteiger charge is 2.28. The van der Waals surface area contributed by atoms with Crippen LogP contribution >= 0.6 is 11.8 Å². The number of benzene rings is 2. The number of nitrogens with one attached hydrogen (secondary N) is 1. The molecule has 0 fully saturated rings. The lowest BCUT2D eigenvalue weighted by atomic mass is 10.1. The fourth-order valence-corrected chi connectivity index (χ4v) is 4.23. The van der Waals surface area contributed by atoms with Crippen molar-refractivity contribution in [3.8, 4) is 17.2 Å². The Labute approximate surface area is 168 Å². The number of ether oxygens (including phenoxy) is 3. The predicted molar refractivity (Wildman–Crippen MR) is 110 cm³/mol. The summed E-state index contributed by atoms with van der Waals surface area (Å²) in [6.07, 6.45) is -0.395. The second-order valence-corrected chi connectivity index (χ2v) is 7.74. The summed E-state index contributed by atoms with van der Waals surface area (Å²) in [6.45, 7) is 2.36. The van der Waals surface area contributed by atoms with Gasteiger partial charge in [0.15, 0.2) is 11.5 Å². The Morgan fingerprint density at radius 2 is 2.04 bits per heavy atom. The standard InChI is InChI=1S/C21H22N2O4S/c1-13-26-18-10-15(9-17(25-3)20(18)27-13)21(24)23(2)11-19-22-16(12-28-19)14-7-5-4-6-8-14/h4-10,12-13,19,22H,11H2,1-3H3. The van der Waals surface area contributed by atoms with Gasteiger partial charge in [-0.2, -0.15) is 0 Å². The molecule has 2 aliphatic heterocycles. The lowest BCUT2D eigenvalue weighted by Crippen LogP contribution is -2.37. The average Bonchev–Trinajstić information content (AvgIpc) is 3.32. The SMILES string of the molecule is COc1cc(C(=O)N(C)CC2NC(c3ccccc3)=CS2)cc2c1OC(C)O2. The number of amides is 1. The summed E-state index contributed by atoms with van der Waals surface area (Å²) in [6, 6.07) is 13.6. The van der Waals surface area contributed by atoms with E-state index in [1.54, 1.807) is 49.9 Å². The van der Waals surface area contributed by atoms with Crippen LogP contribution in [-0.4, -0.2) is 43.2 Å². The highest BCUT2D eigenvalue weighted by atomic mass is 32.2. The summed E-state index contributed by atoms with van der Waals surface area (Å²) in [4.78, 5) is 14.7. The van der Waals surface area contributed by atoms with Crippen molar-refractivity contribution in [3.05, 3.63) is 59.0 Å². The van der Waals surface area contributed by atoms with E-state index in [-0.39, 0.29) is 11.3 Å². The van der Waals surface area contributed by atoms with Gasteiger partial charge in [0.25, 0.3) is 5.91 Å². The molecule has 0 spiro atoms. The number of nitrogens with zero attached hydrogens (tertiary/aromatic N) is 1. The van der Waals surface area contributed by atoms with Crippen molar-refractivity contribution < 1.29 is 19.0 Å². The molecule has 0 bridgehead atoms. The maximum atomic E-state index is 13.0. The molecule has 0 saturated carbocycles. The molecule has 1 amide bonds. The van der Waals surface area contributed by atoms with Gasteiger partial charge in [0.2, 0.25) is 12.0 Å². The molecular weight excluding hydrogens is 376 g/mol. The number of methoxy groups -OCH3 is 1. The molecule has 7 heteroatoms. The van der Waals surface area contributed by atoms with Gasteiger partial charge < -0.3 is 24.4 Å². The van der Waals surface area contributed by atoms with Gasteiger partial charge in [-0.3, -0.25) is 4.79 Å². The minimum Gasteiger partial charge on any atom is -0.493 e. The molecule has 0 aliphatic carbocycles. The molecule has 1 N–H and O–H groups in total. The van der Waals surface area contributed by atoms with Crippen molar-refractivity contribution in [2.75, 3.05) is 20.7 Å². The van der Waals surface area contributed by atoms with Gasteiger partial charge in [0, 0.05) is 25.2 Å². The third-order valence-electron chi connectivity index (χ3n) is 4.60. The molecule has 4 rings (SSSR count). The highest BCUT2D eigenvalue weighted by molar-refractivity contribution is 8.03. The fourth-order valence-electron chi connectivity index (χ4n) is 3.23. The lowest BCUT2D eigenvalue weighted by molar-refractivity contribution is 0.0662. The maximum absolute atomic E-state index is 13.0. The summed E-state index contributed by atoms with van der Waals surface area (Å²) in [5.74, 6) is 1.48. The molecule has 2 aliphatic rings. The molecule has 146 valence electrons. The lowest BCUT2D eigenvalue weighted by Gasteiger charge is -2.22. The largest absolute Gasteiger partial charge is 0.493 e. The molecule has 0 radical (unpaired) electrons. The van der Waals surface area contributed by atoms with Crippen LogP contribution in [0.5, 0.6) is 17.2 Å². The van der Waals surface area contributed by atoms with E-state index in [0.29, 0.717) is 29.4 Å². The maximum Gasteiger partial charge on any atom is 0.253 e. The van der Waals surface area contributed by atoms with Crippen LogP contribution in [0.15, 0.2) is 47.9 Å². The molecule has 2 aromatic rings. The predicted octanol–water partition coefficient (Wildman–Crippen LogP) is 3.55. The number of carbonyl (C=O) groups is 1. The fraction of sp³-hybridized carbons (Fsp3) is 0.286. The summed E-state index contributed by atoms with van der Waals surface area (Å²) < 4.78 is 16.6. The van der Waals surface area contributed by atoms with Crippen LogP contribution in [0, 0.1) is 0 Å². The summed E-state index contributed by atoms with van der Waals surface area (Å²) in [5.41, 5.74) is 2.73. The Morgan fingerprint density at radius 1 is 1.25 bits per heavy atom. The van der Waals surface area contributed by atoms with Crippen molar-refractivity contribution in [1.29, 1.82) is 0 Å².